The van der Waals surface area contributed by atoms with Crippen LogP contribution in [0.5, 0.6) is 0 Å². The number of carbonyl (C=O) groups is 2. The van der Waals surface area contributed by atoms with E-state index >= 15 is 4.39 Å². The van der Waals surface area contributed by atoms with Gasteiger partial charge in [-0.15, -0.1) is 4.90 Å². The van der Waals surface area contributed by atoms with E-state index in [4.69, 9.17) is 13.7 Å². The van der Waals surface area contributed by atoms with Crippen molar-refractivity contribution in [3.63, 3.8) is 0 Å². The molecule has 2 rings (SSSR count). The molecule has 0 N–H and O–H groups in total. The number of nitrogens with zero attached hydrogens (tertiary/aromatic N) is 3. The lowest BCUT2D eigenvalue weighted by molar-refractivity contribution is 0.0132. The number of hydrogen-bond acceptors (Lipinski definition) is 10. The first kappa shape index (κ1) is 32.4. The summed E-state index contributed by atoms with van der Waals surface area (Å²) in [7, 11) is -7.04. The smallest absolute Gasteiger partial charge is 0.427 e. The van der Waals surface area contributed by atoms with E-state index in [0.717, 1.165) is 19.4 Å². The Bertz CT molecular complexity index is 1310. The number of benzene rings is 1. The second-order valence-corrected chi connectivity index (χ2v) is 14.7. The van der Waals surface area contributed by atoms with Crippen molar-refractivity contribution >= 4 is 38.3 Å². The number of rotatable bonds is 6. The van der Waals surface area contributed by atoms with Crippen LogP contribution in [0, 0.1) is 5.82 Å². The van der Waals surface area contributed by atoms with Crippen molar-refractivity contribution in [2.75, 3.05) is 25.7 Å². The summed E-state index contributed by atoms with van der Waals surface area (Å²) in [6.45, 7) is 8.95. The molecule has 1 atom stereocenters. The van der Waals surface area contributed by atoms with Gasteiger partial charge in [-0.2, -0.15) is 8.42 Å². The van der Waals surface area contributed by atoms with Gasteiger partial charge >= 0.3 is 12.2 Å². The molecular weight excluding hydrogens is 557 g/mol. The van der Waals surface area contributed by atoms with E-state index in [0.29, 0.717) is 9.21 Å². The predicted octanol–water partition coefficient (Wildman–Crippen LogP) is 3.58. The van der Waals surface area contributed by atoms with Gasteiger partial charge in [-0.05, 0) is 60.5 Å². The number of imide groups is 1. The number of amides is 2. The first-order valence-electron chi connectivity index (χ1n) is 12.0. The molecule has 0 spiro atoms. The summed E-state index contributed by atoms with van der Waals surface area (Å²) in [4.78, 5) is 31.4. The number of ether oxygens (including phenoxy) is 2. The van der Waals surface area contributed by atoms with Crippen molar-refractivity contribution in [2.45, 2.75) is 71.1 Å². The second kappa shape index (κ2) is 11.4. The zero-order valence-electron chi connectivity index (χ0n) is 23.3. The van der Waals surface area contributed by atoms with E-state index in [1.807, 2.05) is 0 Å². The maximum Gasteiger partial charge on any atom is 0.427 e. The minimum Gasteiger partial charge on any atom is -0.443 e. The Morgan fingerprint density at radius 1 is 1.08 bits per heavy atom. The lowest BCUT2D eigenvalue weighted by Crippen LogP contribution is -2.58. The molecule has 0 saturated heterocycles. The fourth-order valence-corrected chi connectivity index (χ4v) is 5.63. The van der Waals surface area contributed by atoms with Crippen LogP contribution in [0.15, 0.2) is 29.3 Å². The van der Waals surface area contributed by atoms with Crippen LogP contribution in [0.25, 0.3) is 0 Å². The van der Waals surface area contributed by atoms with Crippen LogP contribution in [-0.4, -0.2) is 81.1 Å². The Kier molecular flexibility index (Phi) is 9.46. The minimum atomic E-state index is -4.33. The maximum absolute atomic E-state index is 15.2. The Morgan fingerprint density at radius 3 is 2.05 bits per heavy atom. The summed E-state index contributed by atoms with van der Waals surface area (Å²) < 4.78 is 81.1. The third-order valence-electron chi connectivity index (χ3n) is 5.19. The number of guanidine groups is 1. The molecule has 15 heteroatoms. The van der Waals surface area contributed by atoms with E-state index in [1.54, 1.807) is 41.5 Å². The molecule has 0 aromatic heterocycles. The molecule has 0 aliphatic carbocycles. The molecule has 2 amide bonds. The van der Waals surface area contributed by atoms with Crippen molar-refractivity contribution in [2.24, 2.45) is 4.99 Å². The highest BCUT2D eigenvalue weighted by atomic mass is 32.2. The summed E-state index contributed by atoms with van der Waals surface area (Å²) in [5, 5.41) is 0. The standard InChI is InChI=1S/C24H36FN3O9S2/c1-22(2,3)36-20(29)28(21(30)37-23(4,5)6)19-26-24(16-39(33,34)27(19)7,14-11-15-35-38(8,31)32)17-12-9-10-13-18(17)25/h9-10,12-13H,11,14-16H2,1-8H3. The zero-order chi connectivity index (χ0) is 30.0. The van der Waals surface area contributed by atoms with Crippen LogP contribution in [-0.2, 0) is 39.3 Å². The van der Waals surface area contributed by atoms with Gasteiger partial charge in [0, 0.05) is 12.6 Å². The fraction of sp³-hybridized carbons (Fsp3) is 0.625. The Hall–Kier alpha value is -2.78. The van der Waals surface area contributed by atoms with Gasteiger partial charge in [-0.25, -0.2) is 31.7 Å². The largest absolute Gasteiger partial charge is 0.443 e. The molecule has 0 radical (unpaired) electrons. The second-order valence-electron chi connectivity index (χ2n) is 11.1. The van der Waals surface area contributed by atoms with Crippen LogP contribution in [0.3, 0.4) is 0 Å². The van der Waals surface area contributed by atoms with E-state index < -0.39 is 66.6 Å². The monoisotopic (exact) mass is 593 g/mol. The normalized spacial score (nSPS) is 19.7. The van der Waals surface area contributed by atoms with E-state index in [-0.39, 0.29) is 25.0 Å². The summed E-state index contributed by atoms with van der Waals surface area (Å²) in [6.07, 6.45) is -1.94. The number of carbonyl (C=O) groups excluding carboxylic acids is 2. The average molecular weight is 594 g/mol. The highest BCUT2D eigenvalue weighted by Gasteiger charge is 2.49. The first-order chi connectivity index (χ1) is 17.6. The van der Waals surface area contributed by atoms with Gasteiger partial charge < -0.3 is 9.47 Å². The van der Waals surface area contributed by atoms with Gasteiger partial charge in [0.05, 0.1) is 18.6 Å². The van der Waals surface area contributed by atoms with E-state index in [1.165, 1.54) is 18.2 Å². The molecule has 1 aliphatic heterocycles. The molecule has 0 fully saturated rings. The Balaban J connectivity index is 2.79. The molecular formula is C24H36FN3O9S2. The van der Waals surface area contributed by atoms with Crippen LogP contribution in [0.2, 0.25) is 0 Å². The molecule has 0 saturated carbocycles. The van der Waals surface area contributed by atoms with Gasteiger partial charge in [0.25, 0.3) is 10.1 Å². The van der Waals surface area contributed by atoms with Crippen molar-refractivity contribution in [1.82, 2.24) is 9.21 Å². The summed E-state index contributed by atoms with van der Waals surface area (Å²) >= 11 is 0. The molecule has 12 nitrogen and oxygen atoms in total. The van der Waals surface area contributed by atoms with Crippen molar-refractivity contribution in [3.8, 4) is 0 Å². The lowest BCUT2D eigenvalue weighted by atomic mass is 9.87. The summed E-state index contributed by atoms with van der Waals surface area (Å²) in [5.74, 6) is -2.20. The number of aliphatic imine (C=N–C) groups is 1. The lowest BCUT2D eigenvalue weighted by Gasteiger charge is -2.40. The number of sulfonamides is 1. The maximum atomic E-state index is 15.2. The fourth-order valence-electron chi connectivity index (χ4n) is 3.68. The molecule has 0 bridgehead atoms. The predicted molar refractivity (Wildman–Crippen MR) is 141 cm³/mol. The molecule has 220 valence electrons. The van der Waals surface area contributed by atoms with Gasteiger partial charge in [-0.3, -0.25) is 4.18 Å². The van der Waals surface area contributed by atoms with E-state index in [2.05, 4.69) is 4.99 Å². The molecule has 1 heterocycles. The van der Waals surface area contributed by atoms with Gasteiger partial charge in [0.1, 0.15) is 22.6 Å². The average Bonchev–Trinajstić information content (AvgIpc) is 2.71. The topological polar surface area (TPSA) is 149 Å². The van der Waals surface area contributed by atoms with Gasteiger partial charge in [0.2, 0.25) is 16.0 Å². The Labute approximate surface area is 229 Å². The molecule has 1 unspecified atom stereocenters. The first-order valence-corrected chi connectivity index (χ1v) is 15.4. The molecule has 1 aromatic carbocycles. The van der Waals surface area contributed by atoms with E-state index in [9.17, 15) is 26.4 Å². The Morgan fingerprint density at radius 2 is 1.59 bits per heavy atom. The third-order valence-corrected chi connectivity index (χ3v) is 7.63. The SMILES string of the molecule is CN1C(N(C(=O)OC(C)(C)C)C(=O)OC(C)(C)C)=NC(CCCOS(C)(=O)=O)(c2ccccc2F)CS1(=O)=O. The van der Waals surface area contributed by atoms with Crippen LogP contribution in [0.1, 0.15) is 59.9 Å². The molecule has 1 aliphatic rings. The van der Waals surface area contributed by atoms with Crippen molar-refractivity contribution < 1.29 is 44.5 Å². The molecule has 39 heavy (non-hydrogen) atoms. The zero-order valence-corrected chi connectivity index (χ0v) is 25.0. The molecule has 1 aromatic rings. The van der Waals surface area contributed by atoms with Gasteiger partial charge in [0.15, 0.2) is 0 Å². The highest BCUT2D eigenvalue weighted by Crippen LogP contribution is 2.39. The summed E-state index contributed by atoms with van der Waals surface area (Å²) in [5.41, 5.74) is -4.17. The van der Waals surface area contributed by atoms with Crippen LogP contribution < -0.4 is 0 Å². The third kappa shape index (κ3) is 8.86. The van der Waals surface area contributed by atoms with Crippen molar-refractivity contribution in [3.05, 3.63) is 35.6 Å². The van der Waals surface area contributed by atoms with Crippen LogP contribution >= 0.6 is 0 Å². The quantitative estimate of drug-likeness (QED) is 0.356. The number of halogens is 1. The minimum absolute atomic E-state index is 0.0592. The number of hydrogen-bond donors (Lipinski definition) is 0. The summed E-state index contributed by atoms with van der Waals surface area (Å²) in [6, 6.07) is 5.33. The van der Waals surface area contributed by atoms with Crippen LogP contribution in [0.4, 0.5) is 14.0 Å². The van der Waals surface area contributed by atoms with Gasteiger partial charge in [-0.1, -0.05) is 18.2 Å². The van der Waals surface area contributed by atoms with Crippen molar-refractivity contribution in [1.29, 1.82) is 0 Å². The highest BCUT2D eigenvalue weighted by molar-refractivity contribution is 7.89.